The van der Waals surface area contributed by atoms with Gasteiger partial charge in [-0.05, 0) is 37.3 Å². The Morgan fingerprint density at radius 2 is 0.800 bits per heavy atom. The fourth-order valence-electron chi connectivity index (χ4n) is 2.84. The van der Waals surface area contributed by atoms with Crippen LogP contribution >= 0.6 is 7.92 Å². The van der Waals surface area contributed by atoms with Gasteiger partial charge in [0.05, 0.1) is 22.3 Å². The van der Waals surface area contributed by atoms with E-state index in [2.05, 4.69) is 0 Å². The first-order valence-electron chi connectivity index (χ1n) is 7.65. The summed E-state index contributed by atoms with van der Waals surface area (Å²) in [7, 11) is -2.91. The van der Waals surface area contributed by atoms with Gasteiger partial charge in [0.25, 0.3) is 0 Å². The molecule has 0 saturated carbocycles. The Labute approximate surface area is 162 Å². The Morgan fingerprint density at radius 1 is 0.500 bits per heavy atom. The number of halogens is 12. The van der Waals surface area contributed by atoms with Gasteiger partial charge in [-0.15, -0.1) is 0 Å². The quantitative estimate of drug-likeness (QED) is 0.332. The zero-order valence-electron chi connectivity index (χ0n) is 14.4. The summed E-state index contributed by atoms with van der Waals surface area (Å²) in [6, 6.07) is 2.40. The second-order valence-corrected chi connectivity index (χ2v) is 8.03. The third-order valence-electron chi connectivity index (χ3n) is 3.99. The van der Waals surface area contributed by atoms with Crippen LogP contribution in [0.3, 0.4) is 0 Å². The van der Waals surface area contributed by atoms with Crippen molar-refractivity contribution in [3.05, 3.63) is 58.7 Å². The van der Waals surface area contributed by atoms with E-state index in [4.69, 9.17) is 0 Å². The highest BCUT2D eigenvalue weighted by Gasteiger charge is 2.48. The normalized spacial score (nSPS) is 13.8. The first-order chi connectivity index (χ1) is 13.4. The van der Waals surface area contributed by atoms with Gasteiger partial charge in [0.2, 0.25) is 0 Å². The van der Waals surface area contributed by atoms with E-state index in [-0.39, 0.29) is 12.1 Å². The summed E-state index contributed by atoms with van der Waals surface area (Å²) in [5.74, 6) is 0. The van der Waals surface area contributed by atoms with Crippen molar-refractivity contribution in [3.63, 3.8) is 0 Å². The van der Waals surface area contributed by atoms with Crippen LogP contribution in [0.5, 0.6) is 0 Å². The van der Waals surface area contributed by atoms with Crippen molar-refractivity contribution in [2.45, 2.75) is 24.7 Å². The molecule has 0 unspecified atom stereocenters. The lowest BCUT2D eigenvalue weighted by atomic mass is 10.1. The van der Waals surface area contributed by atoms with Crippen LogP contribution in [0.2, 0.25) is 0 Å². The van der Waals surface area contributed by atoms with E-state index < -0.39 is 65.5 Å². The van der Waals surface area contributed by atoms with Gasteiger partial charge in [-0.25, -0.2) is 0 Å². The van der Waals surface area contributed by atoms with Crippen LogP contribution in [-0.2, 0) is 24.7 Å². The summed E-state index contributed by atoms with van der Waals surface area (Å²) in [5.41, 5.74) is -8.72. The minimum atomic E-state index is -5.61. The summed E-state index contributed by atoms with van der Waals surface area (Å²) in [6.45, 7) is 0.741. The summed E-state index contributed by atoms with van der Waals surface area (Å²) in [6.07, 6.45) is -22.2. The number of rotatable bonds is 2. The maximum absolute atomic E-state index is 13.4. The van der Waals surface area contributed by atoms with Crippen LogP contribution < -0.4 is 10.6 Å². The minimum Gasteiger partial charge on any atom is -0.166 e. The second-order valence-electron chi connectivity index (χ2n) is 5.95. The molecular formula is C17H9F12P. The summed E-state index contributed by atoms with van der Waals surface area (Å²) >= 11 is 0. The molecule has 0 amide bonds. The lowest BCUT2D eigenvalue weighted by Crippen LogP contribution is -2.30. The van der Waals surface area contributed by atoms with Crippen molar-refractivity contribution in [2.75, 3.05) is 6.66 Å². The molecule has 30 heavy (non-hydrogen) atoms. The van der Waals surface area contributed by atoms with Gasteiger partial charge in [0, 0.05) is 0 Å². The lowest BCUT2D eigenvalue weighted by molar-refractivity contribution is -0.161. The predicted molar refractivity (Wildman–Crippen MR) is 85.0 cm³/mol. The van der Waals surface area contributed by atoms with Crippen molar-refractivity contribution in [1.82, 2.24) is 0 Å². The van der Waals surface area contributed by atoms with Crippen molar-refractivity contribution < 1.29 is 52.7 Å². The SMILES string of the molecule is CP(c1cccc(C(F)(F)F)c1C(F)(F)F)c1cccc(C(F)(F)F)c1C(F)(F)F. The third-order valence-corrected chi connectivity index (χ3v) is 6.18. The molecule has 0 radical (unpaired) electrons. The average Bonchev–Trinajstić information content (AvgIpc) is 2.56. The minimum absolute atomic E-state index is 0.103. The Morgan fingerprint density at radius 3 is 1.03 bits per heavy atom. The molecule has 0 fully saturated rings. The number of benzene rings is 2. The summed E-state index contributed by atoms with van der Waals surface area (Å²) in [5, 5.41) is -2.34. The molecule has 0 atom stereocenters. The number of alkyl halides is 12. The molecule has 0 spiro atoms. The molecular weight excluding hydrogens is 463 g/mol. The molecule has 0 aliphatic rings. The number of hydrogen-bond acceptors (Lipinski definition) is 0. The van der Waals surface area contributed by atoms with Gasteiger partial charge in [0.15, 0.2) is 0 Å². The first kappa shape index (κ1) is 24.3. The molecule has 13 heteroatoms. The van der Waals surface area contributed by atoms with E-state index in [1.807, 2.05) is 0 Å². The molecule has 0 aliphatic carbocycles. The topological polar surface area (TPSA) is 0 Å². The second kappa shape index (κ2) is 7.62. The van der Waals surface area contributed by atoms with Gasteiger partial charge in [-0.1, -0.05) is 24.3 Å². The van der Waals surface area contributed by atoms with Gasteiger partial charge in [-0.2, -0.15) is 52.7 Å². The van der Waals surface area contributed by atoms with Crippen LogP contribution in [0.15, 0.2) is 36.4 Å². The van der Waals surface area contributed by atoms with E-state index in [0.717, 1.165) is 6.66 Å². The van der Waals surface area contributed by atoms with Crippen LogP contribution in [0.25, 0.3) is 0 Å². The van der Waals surface area contributed by atoms with Gasteiger partial charge < -0.3 is 0 Å². The van der Waals surface area contributed by atoms with Gasteiger partial charge >= 0.3 is 24.7 Å². The van der Waals surface area contributed by atoms with Crippen molar-refractivity contribution in [2.24, 2.45) is 0 Å². The van der Waals surface area contributed by atoms with E-state index in [0.29, 0.717) is 24.3 Å². The molecule has 2 rings (SSSR count). The molecule has 0 saturated heterocycles. The van der Waals surface area contributed by atoms with Crippen molar-refractivity contribution in [3.8, 4) is 0 Å². The molecule has 0 N–H and O–H groups in total. The smallest absolute Gasteiger partial charge is 0.166 e. The molecule has 2 aromatic rings. The molecule has 0 aliphatic heterocycles. The highest BCUT2D eigenvalue weighted by molar-refractivity contribution is 7.72. The Bertz CT molecular complexity index is 843. The van der Waals surface area contributed by atoms with Crippen molar-refractivity contribution in [1.29, 1.82) is 0 Å². The Kier molecular flexibility index (Phi) is 6.17. The van der Waals surface area contributed by atoms with Crippen LogP contribution in [0.4, 0.5) is 52.7 Å². The van der Waals surface area contributed by atoms with E-state index in [1.54, 1.807) is 0 Å². The number of hydrogen-bond donors (Lipinski definition) is 0. The molecule has 0 nitrogen and oxygen atoms in total. The fraction of sp³-hybridized carbons (Fsp3) is 0.294. The van der Waals surface area contributed by atoms with Crippen LogP contribution in [0, 0.1) is 0 Å². The highest BCUT2D eigenvalue weighted by Crippen LogP contribution is 2.47. The predicted octanol–water partition coefficient (Wildman–Crippen LogP) is 6.82. The van der Waals surface area contributed by atoms with Crippen LogP contribution in [-0.4, -0.2) is 6.66 Å². The standard InChI is InChI=1S/C17H9F12P/c1-30(10-6-2-4-8(14(18,19)20)12(10)16(24,25)26)11-7-3-5-9(15(21,22)23)13(11)17(27,28)29/h2-7H,1H3. The summed E-state index contributed by atoms with van der Waals surface area (Å²) < 4.78 is 159. The molecule has 0 aromatic heterocycles. The zero-order valence-corrected chi connectivity index (χ0v) is 15.3. The average molecular weight is 472 g/mol. The lowest BCUT2D eigenvalue weighted by Gasteiger charge is -2.26. The zero-order chi connectivity index (χ0) is 23.3. The maximum Gasteiger partial charge on any atom is 0.417 e. The Hall–Kier alpha value is -1.97. The monoisotopic (exact) mass is 472 g/mol. The Balaban J connectivity index is 2.88. The van der Waals surface area contributed by atoms with Gasteiger partial charge in [-0.3, -0.25) is 0 Å². The molecule has 2 aromatic carbocycles. The molecule has 0 heterocycles. The maximum atomic E-state index is 13.4. The van der Waals surface area contributed by atoms with E-state index in [9.17, 15) is 52.7 Å². The van der Waals surface area contributed by atoms with E-state index in [1.165, 1.54) is 0 Å². The molecule has 0 bridgehead atoms. The highest BCUT2D eigenvalue weighted by atomic mass is 31.1. The van der Waals surface area contributed by atoms with Gasteiger partial charge in [0.1, 0.15) is 0 Å². The first-order valence-corrected chi connectivity index (χ1v) is 9.44. The van der Waals surface area contributed by atoms with E-state index >= 15 is 0 Å². The largest absolute Gasteiger partial charge is 0.417 e. The fourth-order valence-corrected chi connectivity index (χ4v) is 4.88. The molecule has 166 valence electrons. The van der Waals surface area contributed by atoms with Crippen LogP contribution in [0.1, 0.15) is 22.3 Å². The van der Waals surface area contributed by atoms with Crippen molar-refractivity contribution >= 4 is 18.5 Å². The summed E-state index contributed by atoms with van der Waals surface area (Å²) in [4.78, 5) is 0. The third kappa shape index (κ3) is 4.84.